The number of benzene rings is 1. The number of sulfonamides is 1. The molecule has 0 saturated carbocycles. The summed E-state index contributed by atoms with van der Waals surface area (Å²) in [6, 6.07) is 9.20. The van der Waals surface area contributed by atoms with Gasteiger partial charge in [0.25, 0.3) is 10.0 Å². The van der Waals surface area contributed by atoms with Crippen molar-refractivity contribution in [1.82, 2.24) is 14.3 Å². The highest BCUT2D eigenvalue weighted by Gasteiger charge is 2.26. The summed E-state index contributed by atoms with van der Waals surface area (Å²) in [6.45, 7) is 2.01. The Bertz CT molecular complexity index is 698. The molecular weight excluding hydrogens is 310 g/mol. The summed E-state index contributed by atoms with van der Waals surface area (Å²) < 4.78 is 29.1. The zero-order valence-corrected chi connectivity index (χ0v) is 13.5. The summed E-state index contributed by atoms with van der Waals surface area (Å²) >= 11 is 5.98. The van der Waals surface area contributed by atoms with Crippen LogP contribution in [0.5, 0.6) is 0 Å². The SMILES string of the molecule is CCCC(NS(=O)(=O)c1ncn(C)c1Cl)c1ccccc1. The highest BCUT2D eigenvalue weighted by atomic mass is 35.5. The lowest BCUT2D eigenvalue weighted by atomic mass is 10.0. The van der Waals surface area contributed by atoms with Gasteiger partial charge in [0.2, 0.25) is 5.03 Å². The topological polar surface area (TPSA) is 64.0 Å². The summed E-state index contributed by atoms with van der Waals surface area (Å²) in [5.74, 6) is 0. The molecule has 0 saturated heterocycles. The van der Waals surface area contributed by atoms with E-state index in [9.17, 15) is 8.42 Å². The first-order valence-electron chi connectivity index (χ1n) is 6.69. The molecule has 5 nitrogen and oxygen atoms in total. The van der Waals surface area contributed by atoms with Gasteiger partial charge in [-0.1, -0.05) is 55.3 Å². The van der Waals surface area contributed by atoms with Crippen molar-refractivity contribution in [2.75, 3.05) is 0 Å². The third-order valence-electron chi connectivity index (χ3n) is 3.17. The summed E-state index contributed by atoms with van der Waals surface area (Å²) in [4.78, 5) is 3.87. The Kier molecular flexibility index (Phi) is 5.03. The number of rotatable bonds is 6. The summed E-state index contributed by atoms with van der Waals surface area (Å²) in [7, 11) is -2.11. The van der Waals surface area contributed by atoms with E-state index in [0.717, 1.165) is 12.0 Å². The number of halogens is 1. The second kappa shape index (κ2) is 6.60. The molecule has 1 aromatic carbocycles. The van der Waals surface area contributed by atoms with Crippen LogP contribution in [0.1, 0.15) is 31.4 Å². The molecule has 1 N–H and O–H groups in total. The molecule has 114 valence electrons. The Morgan fingerprint density at radius 1 is 1.33 bits per heavy atom. The number of imidazole rings is 1. The molecule has 0 amide bonds. The molecule has 0 aliphatic rings. The van der Waals surface area contributed by atoms with Crippen molar-refractivity contribution < 1.29 is 8.42 Å². The quantitative estimate of drug-likeness (QED) is 0.887. The lowest BCUT2D eigenvalue weighted by Crippen LogP contribution is -2.29. The summed E-state index contributed by atoms with van der Waals surface area (Å²) in [5.41, 5.74) is 0.926. The van der Waals surface area contributed by atoms with Crippen molar-refractivity contribution in [2.24, 2.45) is 7.05 Å². The fourth-order valence-corrected chi connectivity index (χ4v) is 3.77. The van der Waals surface area contributed by atoms with Crippen molar-refractivity contribution in [3.8, 4) is 0 Å². The number of aryl methyl sites for hydroxylation is 1. The zero-order valence-electron chi connectivity index (χ0n) is 12.0. The highest BCUT2D eigenvalue weighted by Crippen LogP contribution is 2.24. The second-order valence-electron chi connectivity index (χ2n) is 4.82. The Balaban J connectivity index is 2.30. The number of nitrogens with zero attached hydrogens (tertiary/aromatic N) is 2. The molecule has 0 aliphatic heterocycles. The van der Waals surface area contributed by atoms with E-state index in [1.807, 2.05) is 37.3 Å². The first-order valence-corrected chi connectivity index (χ1v) is 8.56. The van der Waals surface area contributed by atoms with Crippen LogP contribution in [-0.4, -0.2) is 18.0 Å². The molecule has 0 bridgehead atoms. The molecule has 2 rings (SSSR count). The fourth-order valence-electron chi connectivity index (χ4n) is 2.08. The van der Waals surface area contributed by atoms with Gasteiger partial charge in [0.1, 0.15) is 5.15 Å². The first-order chi connectivity index (χ1) is 9.95. The molecule has 1 aromatic heterocycles. The second-order valence-corrected chi connectivity index (χ2v) is 6.81. The van der Waals surface area contributed by atoms with E-state index in [-0.39, 0.29) is 16.2 Å². The number of hydrogen-bond donors (Lipinski definition) is 1. The maximum absolute atomic E-state index is 12.5. The van der Waals surface area contributed by atoms with Gasteiger partial charge in [-0.15, -0.1) is 0 Å². The van der Waals surface area contributed by atoms with E-state index in [4.69, 9.17) is 11.6 Å². The average molecular weight is 328 g/mol. The lowest BCUT2D eigenvalue weighted by molar-refractivity contribution is 0.533. The molecule has 1 atom stereocenters. The Morgan fingerprint density at radius 2 is 2.00 bits per heavy atom. The fraction of sp³-hybridized carbons (Fsp3) is 0.357. The maximum Gasteiger partial charge on any atom is 0.261 e. The first kappa shape index (κ1) is 16.0. The predicted molar refractivity (Wildman–Crippen MR) is 82.6 cm³/mol. The van der Waals surface area contributed by atoms with Crippen molar-refractivity contribution >= 4 is 21.6 Å². The van der Waals surface area contributed by atoms with Gasteiger partial charge < -0.3 is 4.57 Å². The van der Waals surface area contributed by atoms with Crippen molar-refractivity contribution in [1.29, 1.82) is 0 Å². The van der Waals surface area contributed by atoms with E-state index in [1.54, 1.807) is 7.05 Å². The van der Waals surface area contributed by atoms with E-state index in [1.165, 1.54) is 10.9 Å². The van der Waals surface area contributed by atoms with Gasteiger partial charge in [0.15, 0.2) is 0 Å². The number of hydrogen-bond acceptors (Lipinski definition) is 3. The third kappa shape index (κ3) is 3.64. The van der Waals surface area contributed by atoms with Crippen LogP contribution >= 0.6 is 11.6 Å². The normalized spacial score (nSPS) is 13.3. The molecule has 0 fully saturated rings. The number of aromatic nitrogens is 2. The van der Waals surface area contributed by atoms with Crippen LogP contribution in [-0.2, 0) is 17.1 Å². The average Bonchev–Trinajstić information content (AvgIpc) is 2.80. The molecule has 1 unspecified atom stereocenters. The highest BCUT2D eigenvalue weighted by molar-refractivity contribution is 7.89. The van der Waals surface area contributed by atoms with Gasteiger partial charge >= 0.3 is 0 Å². The Morgan fingerprint density at radius 3 is 2.52 bits per heavy atom. The van der Waals surface area contributed by atoms with Crippen LogP contribution in [0, 0.1) is 0 Å². The Labute approximate surface area is 130 Å². The monoisotopic (exact) mass is 327 g/mol. The van der Waals surface area contributed by atoms with Gasteiger partial charge in [0, 0.05) is 13.1 Å². The smallest absolute Gasteiger partial charge is 0.261 e. The molecular formula is C14H18ClN3O2S. The molecule has 21 heavy (non-hydrogen) atoms. The van der Waals surface area contributed by atoms with Gasteiger partial charge in [-0.2, -0.15) is 0 Å². The standard InChI is InChI=1S/C14H18ClN3O2S/c1-3-7-12(11-8-5-4-6-9-11)17-21(19,20)14-13(15)18(2)10-16-14/h4-6,8-10,12,17H,3,7H2,1-2H3. The van der Waals surface area contributed by atoms with E-state index in [0.29, 0.717) is 6.42 Å². The molecule has 0 radical (unpaired) electrons. The predicted octanol–water partition coefficient (Wildman–Crippen LogP) is 2.89. The van der Waals surface area contributed by atoms with Crippen LogP contribution in [0.15, 0.2) is 41.7 Å². The van der Waals surface area contributed by atoms with E-state index in [2.05, 4.69) is 9.71 Å². The molecule has 2 aromatic rings. The minimum atomic E-state index is -3.75. The van der Waals surface area contributed by atoms with Crippen LogP contribution in [0.2, 0.25) is 5.15 Å². The summed E-state index contributed by atoms with van der Waals surface area (Å²) in [5, 5.41) is -0.0329. The van der Waals surface area contributed by atoms with Crippen LogP contribution < -0.4 is 4.72 Å². The van der Waals surface area contributed by atoms with Gasteiger partial charge in [-0.05, 0) is 12.0 Å². The minimum Gasteiger partial charge on any atom is -0.324 e. The third-order valence-corrected chi connectivity index (χ3v) is 5.13. The lowest BCUT2D eigenvalue weighted by Gasteiger charge is -2.18. The minimum absolute atomic E-state index is 0.103. The largest absolute Gasteiger partial charge is 0.324 e. The van der Waals surface area contributed by atoms with E-state index < -0.39 is 10.0 Å². The molecule has 0 aliphatic carbocycles. The van der Waals surface area contributed by atoms with Crippen molar-refractivity contribution in [3.63, 3.8) is 0 Å². The molecule has 7 heteroatoms. The van der Waals surface area contributed by atoms with Crippen molar-refractivity contribution in [2.45, 2.75) is 30.8 Å². The summed E-state index contributed by atoms with van der Waals surface area (Å²) in [6.07, 6.45) is 2.94. The van der Waals surface area contributed by atoms with Crippen molar-refractivity contribution in [3.05, 3.63) is 47.4 Å². The van der Waals surface area contributed by atoms with Crippen LogP contribution in [0.25, 0.3) is 0 Å². The maximum atomic E-state index is 12.5. The number of nitrogens with one attached hydrogen (secondary N) is 1. The van der Waals surface area contributed by atoms with Gasteiger partial charge in [-0.25, -0.2) is 18.1 Å². The van der Waals surface area contributed by atoms with Gasteiger partial charge in [0.05, 0.1) is 6.33 Å². The Hall–Kier alpha value is -1.37. The molecule has 0 spiro atoms. The van der Waals surface area contributed by atoms with Crippen LogP contribution in [0.3, 0.4) is 0 Å². The molecule has 1 heterocycles. The van der Waals surface area contributed by atoms with Gasteiger partial charge in [-0.3, -0.25) is 0 Å². The van der Waals surface area contributed by atoms with E-state index >= 15 is 0 Å². The van der Waals surface area contributed by atoms with Crippen LogP contribution in [0.4, 0.5) is 0 Å². The zero-order chi connectivity index (χ0) is 15.5.